The Morgan fingerprint density at radius 1 is 1.28 bits per heavy atom. The van der Waals surface area contributed by atoms with Gasteiger partial charge in [0.25, 0.3) is 5.70 Å². The highest BCUT2D eigenvalue weighted by Gasteiger charge is 2.16. The molecular formula is C13H19NO4. The first-order valence-corrected chi connectivity index (χ1v) is 5.45. The normalized spacial score (nSPS) is 10.8. The largest absolute Gasteiger partial charge is 0.461 e. The van der Waals surface area contributed by atoms with Crippen LogP contribution in [0.5, 0.6) is 0 Å². The zero-order valence-electron chi connectivity index (χ0n) is 11.0. The van der Waals surface area contributed by atoms with Crippen molar-refractivity contribution in [1.82, 2.24) is 0 Å². The minimum Gasteiger partial charge on any atom is -0.461 e. The van der Waals surface area contributed by atoms with Crippen LogP contribution < -0.4 is 0 Å². The van der Waals surface area contributed by atoms with E-state index >= 15 is 0 Å². The average Bonchev–Trinajstić information content (AvgIpc) is 2.34. The van der Waals surface area contributed by atoms with E-state index in [9.17, 15) is 14.9 Å². The number of hydrogen-bond donors (Lipinski definition) is 0. The van der Waals surface area contributed by atoms with Crippen LogP contribution in [0.25, 0.3) is 0 Å². The van der Waals surface area contributed by atoms with Crippen LogP contribution in [-0.4, -0.2) is 17.5 Å². The lowest BCUT2D eigenvalue weighted by molar-refractivity contribution is -0.421. The third-order valence-electron chi connectivity index (χ3n) is 1.55. The number of esters is 1. The topological polar surface area (TPSA) is 69.4 Å². The average molecular weight is 253 g/mol. The lowest BCUT2D eigenvalue weighted by atomic mass is 10.2. The fourth-order valence-electron chi connectivity index (χ4n) is 0.926. The van der Waals surface area contributed by atoms with Gasteiger partial charge in [-0.25, -0.2) is 0 Å². The number of ether oxygens (including phenoxy) is 1. The molecule has 0 rings (SSSR count). The lowest BCUT2D eigenvalue weighted by Gasteiger charge is -2.04. The molecule has 0 aromatic carbocycles. The molecule has 0 fully saturated rings. The number of nitrogens with zero attached hydrogens (tertiary/aromatic N) is 1. The number of rotatable bonds is 6. The van der Waals surface area contributed by atoms with Gasteiger partial charge in [-0.3, -0.25) is 14.9 Å². The van der Waals surface area contributed by atoms with E-state index in [0.29, 0.717) is 0 Å². The second-order valence-electron chi connectivity index (χ2n) is 2.75. The van der Waals surface area contributed by atoms with Crippen LogP contribution in [0, 0.1) is 10.1 Å². The van der Waals surface area contributed by atoms with Gasteiger partial charge in [0.15, 0.2) is 0 Å². The second kappa shape index (κ2) is 11.3. The molecule has 5 heteroatoms. The summed E-state index contributed by atoms with van der Waals surface area (Å²) in [6, 6.07) is 0. The molecule has 0 heterocycles. The van der Waals surface area contributed by atoms with Crippen LogP contribution in [0.15, 0.2) is 48.7 Å². The number of allylic oxidation sites excluding steroid dienone is 4. The Kier molecular flexibility index (Phi) is 11.4. The van der Waals surface area contributed by atoms with E-state index in [4.69, 9.17) is 4.74 Å². The minimum atomic E-state index is -0.569. The van der Waals surface area contributed by atoms with Crippen LogP contribution in [0.1, 0.15) is 20.8 Å². The summed E-state index contributed by atoms with van der Waals surface area (Å²) in [5, 5.41) is 10.7. The summed E-state index contributed by atoms with van der Waals surface area (Å²) < 4.78 is 4.70. The fraction of sp³-hybridized carbons (Fsp3) is 0.308. The molecule has 0 unspecified atom stereocenters. The number of carbonyl (C=O) groups is 1. The molecule has 0 radical (unpaired) electrons. The summed E-state index contributed by atoms with van der Waals surface area (Å²) in [6.45, 7) is 11.9. The van der Waals surface area contributed by atoms with Gasteiger partial charge < -0.3 is 4.74 Å². The maximum atomic E-state index is 10.7. The Morgan fingerprint density at radius 2 is 1.78 bits per heavy atom. The standard InChI is InChI=1S/C11H13NO4.C2H6/c1-4-6-10(8-16-9(3)13)11(7-5-2)12(14)15;1-2/h4-7H,1-2,8H2,3H3;1-2H3/b10-6-,11-7+;. The van der Waals surface area contributed by atoms with Crippen LogP contribution in [0.4, 0.5) is 0 Å². The molecule has 0 saturated heterocycles. The van der Waals surface area contributed by atoms with E-state index in [2.05, 4.69) is 13.2 Å². The van der Waals surface area contributed by atoms with Gasteiger partial charge in [-0.1, -0.05) is 39.2 Å². The molecule has 0 aliphatic heterocycles. The number of carbonyl (C=O) groups excluding carboxylic acids is 1. The molecule has 0 atom stereocenters. The summed E-state index contributed by atoms with van der Waals surface area (Å²) in [4.78, 5) is 20.8. The monoisotopic (exact) mass is 253 g/mol. The smallest absolute Gasteiger partial charge is 0.302 e. The van der Waals surface area contributed by atoms with E-state index in [-0.39, 0.29) is 17.9 Å². The van der Waals surface area contributed by atoms with Gasteiger partial charge in [-0.15, -0.1) is 0 Å². The van der Waals surface area contributed by atoms with Gasteiger partial charge >= 0.3 is 5.97 Å². The summed E-state index contributed by atoms with van der Waals surface area (Å²) in [5.74, 6) is -0.503. The van der Waals surface area contributed by atoms with Crippen molar-refractivity contribution in [2.45, 2.75) is 20.8 Å². The van der Waals surface area contributed by atoms with Crippen molar-refractivity contribution in [2.75, 3.05) is 6.61 Å². The van der Waals surface area contributed by atoms with Crippen LogP contribution in [0.2, 0.25) is 0 Å². The van der Waals surface area contributed by atoms with Gasteiger partial charge in [0.1, 0.15) is 6.61 Å². The molecule has 0 spiro atoms. The molecule has 0 bridgehead atoms. The number of hydrogen-bond acceptors (Lipinski definition) is 4. The van der Waals surface area contributed by atoms with E-state index in [1.807, 2.05) is 13.8 Å². The highest BCUT2D eigenvalue weighted by atomic mass is 16.6. The molecule has 0 aromatic rings. The first kappa shape index (κ1) is 18.2. The molecule has 0 aliphatic rings. The maximum absolute atomic E-state index is 10.7. The first-order valence-electron chi connectivity index (χ1n) is 5.45. The van der Waals surface area contributed by atoms with Crippen LogP contribution >= 0.6 is 0 Å². The van der Waals surface area contributed by atoms with Gasteiger partial charge in [0, 0.05) is 13.0 Å². The third kappa shape index (κ3) is 8.04. The van der Waals surface area contributed by atoms with Crippen LogP contribution in [-0.2, 0) is 9.53 Å². The molecule has 5 nitrogen and oxygen atoms in total. The van der Waals surface area contributed by atoms with Crippen LogP contribution in [0.3, 0.4) is 0 Å². The van der Waals surface area contributed by atoms with E-state index in [1.54, 1.807) is 0 Å². The van der Waals surface area contributed by atoms with Gasteiger partial charge in [-0.05, 0) is 6.08 Å². The Balaban J connectivity index is 0. The Labute approximate surface area is 107 Å². The minimum absolute atomic E-state index is 0.165. The van der Waals surface area contributed by atoms with Crippen molar-refractivity contribution >= 4 is 5.97 Å². The summed E-state index contributed by atoms with van der Waals surface area (Å²) in [5.41, 5.74) is 0.0891. The summed E-state index contributed by atoms with van der Waals surface area (Å²) >= 11 is 0. The Bertz CT molecular complexity index is 367. The molecule has 0 aromatic heterocycles. The lowest BCUT2D eigenvalue weighted by Crippen LogP contribution is -2.10. The predicted molar refractivity (Wildman–Crippen MR) is 71.5 cm³/mol. The van der Waals surface area contributed by atoms with Gasteiger partial charge in [0.05, 0.1) is 10.5 Å². The molecule has 0 saturated carbocycles. The molecular weight excluding hydrogens is 234 g/mol. The zero-order valence-corrected chi connectivity index (χ0v) is 11.0. The van der Waals surface area contributed by atoms with E-state index < -0.39 is 10.9 Å². The Hall–Kier alpha value is -2.17. The summed E-state index contributed by atoms with van der Waals surface area (Å²) in [6.07, 6.45) is 5.34. The highest BCUT2D eigenvalue weighted by molar-refractivity contribution is 5.66. The quantitative estimate of drug-likeness (QED) is 0.316. The van der Waals surface area contributed by atoms with Crippen molar-refractivity contribution in [2.24, 2.45) is 0 Å². The SMILES string of the molecule is C=C/C=C(COC(C)=O)\C(=C/C=C)[N+](=O)[O-].CC. The fourth-order valence-corrected chi connectivity index (χ4v) is 0.926. The van der Waals surface area contributed by atoms with Crippen molar-refractivity contribution in [3.63, 3.8) is 0 Å². The van der Waals surface area contributed by atoms with Crippen molar-refractivity contribution in [1.29, 1.82) is 0 Å². The van der Waals surface area contributed by atoms with E-state index in [0.717, 1.165) is 0 Å². The van der Waals surface area contributed by atoms with Crippen molar-refractivity contribution in [3.8, 4) is 0 Å². The predicted octanol–water partition coefficient (Wildman–Crippen LogP) is 3.03. The van der Waals surface area contributed by atoms with Gasteiger partial charge in [0.2, 0.25) is 0 Å². The zero-order chi connectivity index (χ0) is 14.6. The van der Waals surface area contributed by atoms with Gasteiger partial charge in [-0.2, -0.15) is 0 Å². The molecule has 18 heavy (non-hydrogen) atoms. The number of nitro groups is 1. The second-order valence-corrected chi connectivity index (χ2v) is 2.75. The summed E-state index contributed by atoms with van der Waals surface area (Å²) in [7, 11) is 0. The molecule has 100 valence electrons. The molecule has 0 aliphatic carbocycles. The molecule has 0 N–H and O–H groups in total. The maximum Gasteiger partial charge on any atom is 0.302 e. The van der Waals surface area contributed by atoms with Crippen molar-refractivity contribution in [3.05, 3.63) is 58.8 Å². The third-order valence-corrected chi connectivity index (χ3v) is 1.55. The van der Waals surface area contributed by atoms with Crippen molar-refractivity contribution < 1.29 is 14.5 Å². The van der Waals surface area contributed by atoms with E-state index in [1.165, 1.54) is 31.2 Å². The molecule has 0 amide bonds. The Morgan fingerprint density at radius 3 is 2.11 bits per heavy atom. The highest BCUT2D eigenvalue weighted by Crippen LogP contribution is 2.12. The first-order chi connectivity index (χ1) is 8.52.